The Kier molecular flexibility index (Phi) is 5.83. The summed E-state index contributed by atoms with van der Waals surface area (Å²) < 4.78 is 11.2. The van der Waals surface area contributed by atoms with Crippen molar-refractivity contribution in [2.75, 3.05) is 18.9 Å². The van der Waals surface area contributed by atoms with Gasteiger partial charge in [-0.15, -0.1) is 0 Å². The predicted molar refractivity (Wildman–Crippen MR) is 87.5 cm³/mol. The third kappa shape index (κ3) is 4.81. The molecule has 0 unspecified atom stereocenters. The van der Waals surface area contributed by atoms with Crippen LogP contribution in [0, 0.1) is 0 Å². The summed E-state index contributed by atoms with van der Waals surface area (Å²) in [6, 6.07) is 14.6. The standard InChI is InChI=1S/C18H21NO3/c1-2-18(20)14-7-9-16(10-8-14)21-11-4-12-22-17-6-3-5-15(19)13-17/h3,5-10,13H,2,4,11-12,19H2,1H3. The first-order chi connectivity index (χ1) is 10.7. The van der Waals surface area contributed by atoms with Crippen LogP contribution in [0.1, 0.15) is 30.1 Å². The molecule has 2 rings (SSSR count). The number of rotatable bonds is 8. The molecule has 2 aromatic carbocycles. The molecule has 0 spiro atoms. The van der Waals surface area contributed by atoms with Crippen LogP contribution in [-0.4, -0.2) is 19.0 Å². The van der Waals surface area contributed by atoms with E-state index in [9.17, 15) is 4.79 Å². The van der Waals surface area contributed by atoms with E-state index in [0.29, 0.717) is 25.3 Å². The molecular formula is C18H21NO3. The second kappa shape index (κ2) is 8.08. The van der Waals surface area contributed by atoms with Gasteiger partial charge in [0.2, 0.25) is 0 Å². The highest BCUT2D eigenvalue weighted by Crippen LogP contribution is 2.15. The molecule has 4 heteroatoms. The smallest absolute Gasteiger partial charge is 0.162 e. The zero-order chi connectivity index (χ0) is 15.8. The topological polar surface area (TPSA) is 61.5 Å². The SMILES string of the molecule is CCC(=O)c1ccc(OCCCOc2cccc(N)c2)cc1. The molecule has 0 heterocycles. The maximum atomic E-state index is 11.5. The Morgan fingerprint density at radius 1 is 1.00 bits per heavy atom. The third-order valence-electron chi connectivity index (χ3n) is 3.18. The number of carbonyl (C=O) groups is 1. The monoisotopic (exact) mass is 299 g/mol. The molecule has 116 valence electrons. The minimum atomic E-state index is 0.141. The zero-order valence-corrected chi connectivity index (χ0v) is 12.7. The summed E-state index contributed by atoms with van der Waals surface area (Å²) in [6.07, 6.45) is 1.28. The Morgan fingerprint density at radius 3 is 2.32 bits per heavy atom. The summed E-state index contributed by atoms with van der Waals surface area (Å²) in [6.45, 7) is 2.98. The third-order valence-corrected chi connectivity index (χ3v) is 3.18. The normalized spacial score (nSPS) is 10.2. The lowest BCUT2D eigenvalue weighted by Crippen LogP contribution is -2.05. The van der Waals surface area contributed by atoms with Crippen molar-refractivity contribution >= 4 is 11.5 Å². The van der Waals surface area contributed by atoms with Crippen molar-refractivity contribution in [1.82, 2.24) is 0 Å². The van der Waals surface area contributed by atoms with Crippen LogP contribution in [0.5, 0.6) is 11.5 Å². The van der Waals surface area contributed by atoms with Crippen molar-refractivity contribution in [3.8, 4) is 11.5 Å². The molecule has 0 atom stereocenters. The fourth-order valence-electron chi connectivity index (χ4n) is 1.98. The van der Waals surface area contributed by atoms with Crippen LogP contribution in [0.3, 0.4) is 0 Å². The van der Waals surface area contributed by atoms with Gasteiger partial charge in [-0.05, 0) is 36.4 Å². The molecule has 2 N–H and O–H groups in total. The predicted octanol–water partition coefficient (Wildman–Crippen LogP) is 3.71. The van der Waals surface area contributed by atoms with Gasteiger partial charge in [-0.1, -0.05) is 13.0 Å². The van der Waals surface area contributed by atoms with Crippen LogP contribution in [0.25, 0.3) is 0 Å². The number of ether oxygens (including phenoxy) is 2. The fraction of sp³-hybridized carbons (Fsp3) is 0.278. The van der Waals surface area contributed by atoms with E-state index >= 15 is 0 Å². The van der Waals surface area contributed by atoms with E-state index in [2.05, 4.69) is 0 Å². The number of anilines is 1. The first kappa shape index (κ1) is 15.9. The van der Waals surface area contributed by atoms with Gasteiger partial charge in [0.05, 0.1) is 13.2 Å². The summed E-state index contributed by atoms with van der Waals surface area (Å²) in [5, 5.41) is 0. The van der Waals surface area contributed by atoms with Gasteiger partial charge < -0.3 is 15.2 Å². The Labute approximate surface area is 130 Å². The number of carbonyl (C=O) groups excluding carboxylic acids is 1. The fourth-order valence-corrected chi connectivity index (χ4v) is 1.98. The van der Waals surface area contributed by atoms with Gasteiger partial charge in [-0.3, -0.25) is 4.79 Å². The van der Waals surface area contributed by atoms with Gasteiger partial charge in [-0.2, -0.15) is 0 Å². The first-order valence-electron chi connectivity index (χ1n) is 7.43. The average Bonchev–Trinajstić information content (AvgIpc) is 2.54. The summed E-state index contributed by atoms with van der Waals surface area (Å²) in [5.74, 6) is 1.67. The van der Waals surface area contributed by atoms with Gasteiger partial charge in [0, 0.05) is 30.2 Å². The lowest BCUT2D eigenvalue weighted by atomic mass is 10.1. The zero-order valence-electron chi connectivity index (χ0n) is 12.7. The highest BCUT2D eigenvalue weighted by Gasteiger charge is 2.02. The molecule has 0 saturated carbocycles. The van der Waals surface area contributed by atoms with E-state index in [1.807, 2.05) is 37.3 Å². The minimum absolute atomic E-state index is 0.141. The van der Waals surface area contributed by atoms with Crippen LogP contribution in [-0.2, 0) is 0 Å². The summed E-state index contributed by atoms with van der Waals surface area (Å²) in [4.78, 5) is 11.5. The van der Waals surface area contributed by atoms with Crippen molar-refractivity contribution in [3.05, 3.63) is 54.1 Å². The number of hydrogen-bond acceptors (Lipinski definition) is 4. The summed E-state index contributed by atoms with van der Waals surface area (Å²) in [7, 11) is 0. The lowest BCUT2D eigenvalue weighted by Gasteiger charge is -2.09. The van der Waals surface area contributed by atoms with Gasteiger partial charge in [-0.25, -0.2) is 0 Å². The van der Waals surface area contributed by atoms with Crippen LogP contribution in [0.4, 0.5) is 5.69 Å². The average molecular weight is 299 g/mol. The molecule has 0 radical (unpaired) electrons. The van der Waals surface area contributed by atoms with Gasteiger partial charge in [0.15, 0.2) is 5.78 Å². The summed E-state index contributed by atoms with van der Waals surface area (Å²) >= 11 is 0. The number of ketones is 1. The number of benzene rings is 2. The molecule has 0 aliphatic heterocycles. The molecule has 22 heavy (non-hydrogen) atoms. The summed E-state index contributed by atoms with van der Waals surface area (Å²) in [5.41, 5.74) is 7.09. The lowest BCUT2D eigenvalue weighted by molar-refractivity contribution is 0.0988. The maximum Gasteiger partial charge on any atom is 0.162 e. The quantitative estimate of drug-likeness (QED) is 0.458. The molecule has 0 amide bonds. The second-order valence-electron chi connectivity index (χ2n) is 4.92. The van der Waals surface area contributed by atoms with Gasteiger partial charge >= 0.3 is 0 Å². The maximum absolute atomic E-state index is 11.5. The van der Waals surface area contributed by atoms with Crippen molar-refractivity contribution in [2.45, 2.75) is 19.8 Å². The number of hydrogen-bond donors (Lipinski definition) is 1. The molecule has 2 aromatic rings. The van der Waals surface area contributed by atoms with Gasteiger partial charge in [0.1, 0.15) is 11.5 Å². The molecule has 0 aliphatic rings. The van der Waals surface area contributed by atoms with E-state index in [0.717, 1.165) is 23.5 Å². The highest BCUT2D eigenvalue weighted by molar-refractivity contribution is 5.95. The highest BCUT2D eigenvalue weighted by atomic mass is 16.5. The second-order valence-corrected chi connectivity index (χ2v) is 4.92. The molecule has 0 saturated heterocycles. The van der Waals surface area contributed by atoms with Crippen LogP contribution in [0.2, 0.25) is 0 Å². The Bertz CT molecular complexity index is 608. The van der Waals surface area contributed by atoms with Crippen LogP contribution < -0.4 is 15.2 Å². The first-order valence-corrected chi connectivity index (χ1v) is 7.43. The van der Waals surface area contributed by atoms with Crippen molar-refractivity contribution in [2.24, 2.45) is 0 Å². The van der Waals surface area contributed by atoms with Crippen molar-refractivity contribution in [1.29, 1.82) is 0 Å². The Balaban J connectivity index is 1.69. The van der Waals surface area contributed by atoms with Gasteiger partial charge in [0.25, 0.3) is 0 Å². The number of nitrogens with two attached hydrogens (primary N) is 1. The Hall–Kier alpha value is -2.49. The largest absolute Gasteiger partial charge is 0.493 e. The molecule has 4 nitrogen and oxygen atoms in total. The van der Waals surface area contributed by atoms with Crippen LogP contribution >= 0.6 is 0 Å². The number of Topliss-reactive ketones (excluding diaryl/α,β-unsaturated/α-hetero) is 1. The number of nitrogen functional groups attached to an aromatic ring is 1. The van der Waals surface area contributed by atoms with E-state index < -0.39 is 0 Å². The molecular weight excluding hydrogens is 278 g/mol. The minimum Gasteiger partial charge on any atom is -0.493 e. The molecule has 0 bridgehead atoms. The molecule has 0 fully saturated rings. The van der Waals surface area contributed by atoms with E-state index in [1.165, 1.54) is 0 Å². The Morgan fingerprint density at radius 2 is 1.68 bits per heavy atom. The van der Waals surface area contributed by atoms with Crippen molar-refractivity contribution in [3.63, 3.8) is 0 Å². The van der Waals surface area contributed by atoms with Crippen LogP contribution in [0.15, 0.2) is 48.5 Å². The van der Waals surface area contributed by atoms with Crippen molar-refractivity contribution < 1.29 is 14.3 Å². The van der Waals surface area contributed by atoms with E-state index in [-0.39, 0.29) is 5.78 Å². The molecule has 0 aliphatic carbocycles. The van der Waals surface area contributed by atoms with E-state index in [1.54, 1.807) is 18.2 Å². The van der Waals surface area contributed by atoms with E-state index in [4.69, 9.17) is 15.2 Å². The molecule has 0 aromatic heterocycles.